The average Bonchev–Trinajstić information content (AvgIpc) is 2.53. The molecule has 0 saturated carbocycles. The van der Waals surface area contributed by atoms with Crippen molar-refractivity contribution in [3.05, 3.63) is 35.4 Å². The Morgan fingerprint density at radius 3 is 2.54 bits per heavy atom. The van der Waals surface area contributed by atoms with E-state index in [1.54, 1.807) is 6.07 Å². The molecule has 1 aromatic carbocycles. The molecule has 1 aromatic rings. The third-order valence-electron chi connectivity index (χ3n) is 4.25. The molecule has 0 radical (unpaired) electrons. The van der Waals surface area contributed by atoms with Crippen LogP contribution in [0.5, 0.6) is 0 Å². The maximum atomic E-state index is 13.0. The molecule has 1 amide bonds. The quantitative estimate of drug-likeness (QED) is 0.842. The van der Waals surface area contributed by atoms with Gasteiger partial charge < -0.3 is 15.8 Å². The summed E-state index contributed by atoms with van der Waals surface area (Å²) in [5, 5.41) is 2.80. The molecule has 3 N–H and O–H groups in total. The first-order chi connectivity index (χ1) is 10.9. The van der Waals surface area contributed by atoms with Crippen LogP contribution >= 0.6 is 12.4 Å². The lowest BCUT2D eigenvalue weighted by molar-refractivity contribution is -0.137. The number of carbonyl (C=O) groups excluding carboxylic acids is 1. The summed E-state index contributed by atoms with van der Waals surface area (Å²) < 4.78 is 44.2. The van der Waals surface area contributed by atoms with Crippen LogP contribution in [0.4, 0.5) is 13.2 Å². The number of hydrogen-bond donors (Lipinski definition) is 2. The lowest BCUT2D eigenvalue weighted by Gasteiger charge is -2.38. The average molecular weight is 367 g/mol. The van der Waals surface area contributed by atoms with Gasteiger partial charge in [0.15, 0.2) is 0 Å². The number of carbonyl (C=O) groups is 1. The van der Waals surface area contributed by atoms with Crippen LogP contribution in [0.1, 0.15) is 30.4 Å². The fourth-order valence-electron chi connectivity index (χ4n) is 2.84. The summed E-state index contributed by atoms with van der Waals surface area (Å²) in [7, 11) is 0. The molecule has 24 heavy (non-hydrogen) atoms. The molecule has 1 saturated heterocycles. The lowest BCUT2D eigenvalue weighted by atomic mass is 9.73. The lowest BCUT2D eigenvalue weighted by Crippen LogP contribution is -2.45. The highest BCUT2D eigenvalue weighted by Gasteiger charge is 2.37. The van der Waals surface area contributed by atoms with Crippen molar-refractivity contribution in [2.45, 2.75) is 30.9 Å². The summed E-state index contributed by atoms with van der Waals surface area (Å²) in [6, 6.07) is 5.34. The van der Waals surface area contributed by atoms with E-state index in [-0.39, 0.29) is 37.8 Å². The molecule has 1 aliphatic heterocycles. The number of ether oxygens (including phenoxy) is 1. The Labute approximate surface area is 145 Å². The zero-order valence-corrected chi connectivity index (χ0v) is 14.0. The predicted molar refractivity (Wildman–Crippen MR) is 87.1 cm³/mol. The normalized spacial score (nSPS) is 17.0. The number of hydrogen-bond acceptors (Lipinski definition) is 3. The van der Waals surface area contributed by atoms with Crippen LogP contribution in [0.25, 0.3) is 0 Å². The second kappa shape index (κ2) is 8.69. The number of amides is 1. The number of benzene rings is 1. The highest BCUT2D eigenvalue weighted by Crippen LogP contribution is 2.37. The van der Waals surface area contributed by atoms with Crippen LogP contribution < -0.4 is 11.1 Å². The van der Waals surface area contributed by atoms with Crippen molar-refractivity contribution in [3.63, 3.8) is 0 Å². The Morgan fingerprint density at radius 2 is 1.96 bits per heavy atom. The van der Waals surface area contributed by atoms with Crippen molar-refractivity contribution in [3.8, 4) is 0 Å². The molecule has 0 spiro atoms. The maximum Gasteiger partial charge on any atom is 0.416 e. The molecule has 0 bridgehead atoms. The van der Waals surface area contributed by atoms with Crippen molar-refractivity contribution in [1.82, 2.24) is 5.32 Å². The molecule has 4 nitrogen and oxygen atoms in total. The third-order valence-corrected chi connectivity index (χ3v) is 4.25. The molecule has 1 aliphatic rings. The summed E-state index contributed by atoms with van der Waals surface area (Å²) in [6.45, 7) is 1.45. The van der Waals surface area contributed by atoms with Gasteiger partial charge in [0.05, 0.1) is 5.56 Å². The van der Waals surface area contributed by atoms with Gasteiger partial charge in [-0.05, 0) is 24.5 Å². The second-order valence-corrected chi connectivity index (χ2v) is 5.79. The van der Waals surface area contributed by atoms with Gasteiger partial charge in [0.25, 0.3) is 0 Å². The minimum Gasteiger partial charge on any atom is -0.381 e. The summed E-state index contributed by atoms with van der Waals surface area (Å²) >= 11 is 0. The second-order valence-electron chi connectivity index (χ2n) is 5.79. The summed E-state index contributed by atoms with van der Waals surface area (Å²) in [5.41, 5.74) is 4.72. The van der Waals surface area contributed by atoms with E-state index < -0.39 is 17.2 Å². The molecule has 1 fully saturated rings. The van der Waals surface area contributed by atoms with E-state index in [0.29, 0.717) is 31.6 Å². The predicted octanol–water partition coefficient (Wildman–Crippen LogP) is 2.64. The minimum absolute atomic E-state index is 0. The van der Waals surface area contributed by atoms with Gasteiger partial charge in [-0.2, -0.15) is 13.2 Å². The monoisotopic (exact) mass is 366 g/mol. The SMILES string of the molecule is Cl.NCCC(=O)NCC1(c2cccc(C(F)(F)F)c2)CCOCC1. The summed E-state index contributed by atoms with van der Waals surface area (Å²) in [4.78, 5) is 11.7. The van der Waals surface area contributed by atoms with Crippen molar-refractivity contribution in [1.29, 1.82) is 0 Å². The molecule has 0 aromatic heterocycles. The Morgan fingerprint density at radius 1 is 1.29 bits per heavy atom. The van der Waals surface area contributed by atoms with Crippen molar-refractivity contribution < 1.29 is 22.7 Å². The van der Waals surface area contributed by atoms with Gasteiger partial charge in [0, 0.05) is 38.1 Å². The largest absolute Gasteiger partial charge is 0.416 e. The Hall–Kier alpha value is -1.31. The van der Waals surface area contributed by atoms with Gasteiger partial charge in [-0.3, -0.25) is 4.79 Å². The van der Waals surface area contributed by atoms with Crippen LogP contribution in [-0.4, -0.2) is 32.2 Å². The molecular weight excluding hydrogens is 345 g/mol. The highest BCUT2D eigenvalue weighted by atomic mass is 35.5. The van der Waals surface area contributed by atoms with E-state index >= 15 is 0 Å². The minimum atomic E-state index is -4.38. The van der Waals surface area contributed by atoms with E-state index in [0.717, 1.165) is 6.07 Å². The first kappa shape index (κ1) is 20.7. The first-order valence-corrected chi connectivity index (χ1v) is 7.60. The fourth-order valence-corrected chi connectivity index (χ4v) is 2.84. The zero-order valence-electron chi connectivity index (χ0n) is 13.2. The van der Waals surface area contributed by atoms with Gasteiger partial charge in [-0.1, -0.05) is 18.2 Å². The number of nitrogens with two attached hydrogens (primary N) is 1. The molecular formula is C16H22ClF3N2O2. The van der Waals surface area contributed by atoms with Crippen LogP contribution in [0, 0.1) is 0 Å². The molecule has 8 heteroatoms. The molecule has 1 heterocycles. The standard InChI is InChI=1S/C16H21F3N2O2.ClH/c17-16(18,19)13-3-1-2-12(10-13)15(5-8-23-9-6-15)11-21-14(22)4-7-20;/h1-3,10H,4-9,11,20H2,(H,21,22);1H. The van der Waals surface area contributed by atoms with Crippen molar-refractivity contribution >= 4 is 18.3 Å². The number of rotatable bonds is 5. The van der Waals surface area contributed by atoms with Gasteiger partial charge in [-0.15, -0.1) is 12.4 Å². The summed E-state index contributed by atoms with van der Waals surface area (Å²) in [5.74, 6) is -0.189. The Balaban J connectivity index is 0.00000288. The number of alkyl halides is 3. The van der Waals surface area contributed by atoms with Crippen molar-refractivity contribution in [2.75, 3.05) is 26.3 Å². The number of nitrogens with one attached hydrogen (secondary N) is 1. The first-order valence-electron chi connectivity index (χ1n) is 7.60. The Kier molecular flexibility index (Phi) is 7.51. The van der Waals surface area contributed by atoms with E-state index in [2.05, 4.69) is 5.32 Å². The smallest absolute Gasteiger partial charge is 0.381 e. The molecule has 136 valence electrons. The fraction of sp³-hybridized carbons (Fsp3) is 0.562. The van der Waals surface area contributed by atoms with E-state index in [1.807, 2.05) is 0 Å². The highest BCUT2D eigenvalue weighted by molar-refractivity contribution is 5.85. The Bertz CT molecular complexity index is 546. The molecule has 2 rings (SSSR count). The molecule has 0 unspecified atom stereocenters. The van der Waals surface area contributed by atoms with Crippen LogP contribution in [0.15, 0.2) is 24.3 Å². The van der Waals surface area contributed by atoms with E-state index in [9.17, 15) is 18.0 Å². The summed E-state index contributed by atoms with van der Waals surface area (Å²) in [6.07, 6.45) is -3.05. The van der Waals surface area contributed by atoms with Gasteiger partial charge >= 0.3 is 6.18 Å². The van der Waals surface area contributed by atoms with Crippen LogP contribution in [0.2, 0.25) is 0 Å². The van der Waals surface area contributed by atoms with Crippen molar-refractivity contribution in [2.24, 2.45) is 5.73 Å². The topological polar surface area (TPSA) is 64.4 Å². The van der Waals surface area contributed by atoms with E-state index in [4.69, 9.17) is 10.5 Å². The maximum absolute atomic E-state index is 13.0. The number of halogens is 4. The van der Waals surface area contributed by atoms with Crippen LogP contribution in [0.3, 0.4) is 0 Å². The third kappa shape index (κ3) is 5.09. The van der Waals surface area contributed by atoms with Gasteiger partial charge in [0.2, 0.25) is 5.91 Å². The molecule has 0 atom stereocenters. The van der Waals surface area contributed by atoms with Gasteiger partial charge in [0.1, 0.15) is 0 Å². The molecule has 0 aliphatic carbocycles. The van der Waals surface area contributed by atoms with Crippen LogP contribution in [-0.2, 0) is 21.1 Å². The zero-order chi connectivity index (χ0) is 16.9. The van der Waals surface area contributed by atoms with Gasteiger partial charge in [-0.25, -0.2) is 0 Å². The van der Waals surface area contributed by atoms with E-state index in [1.165, 1.54) is 12.1 Å².